The summed E-state index contributed by atoms with van der Waals surface area (Å²) in [5.74, 6) is -1.54. The van der Waals surface area contributed by atoms with E-state index in [1.165, 1.54) is 35.4 Å². The Balaban J connectivity index is 1.34. The second-order valence-electron chi connectivity index (χ2n) is 8.63. The molecule has 188 valence electrons. The van der Waals surface area contributed by atoms with Gasteiger partial charge in [0.1, 0.15) is 17.6 Å². The Morgan fingerprint density at radius 3 is 2.56 bits per heavy atom. The van der Waals surface area contributed by atoms with Crippen LogP contribution in [0.15, 0.2) is 48.7 Å². The van der Waals surface area contributed by atoms with Gasteiger partial charge >= 0.3 is 18.4 Å². The van der Waals surface area contributed by atoms with Crippen molar-refractivity contribution >= 4 is 40.2 Å². The summed E-state index contributed by atoms with van der Waals surface area (Å²) in [5, 5.41) is 5.59. The summed E-state index contributed by atoms with van der Waals surface area (Å²) >= 11 is 0. The Kier molecular flexibility index (Phi) is 5.49. The first-order valence-corrected chi connectivity index (χ1v) is 10.9. The van der Waals surface area contributed by atoms with Gasteiger partial charge in [0.25, 0.3) is 0 Å². The molecule has 2 aromatic carbocycles. The third kappa shape index (κ3) is 4.51. The number of alkyl halides is 3. The number of halogens is 4. The van der Waals surface area contributed by atoms with Gasteiger partial charge in [0.15, 0.2) is 0 Å². The van der Waals surface area contributed by atoms with Crippen molar-refractivity contribution < 1.29 is 36.7 Å². The lowest BCUT2D eigenvalue weighted by molar-refractivity contribution is -0.274. The van der Waals surface area contributed by atoms with Crippen molar-refractivity contribution in [2.75, 3.05) is 10.6 Å². The monoisotopic (exact) mass is 505 g/mol. The summed E-state index contributed by atoms with van der Waals surface area (Å²) in [7, 11) is 0. The number of ether oxygens (including phenoxy) is 1. The second kappa shape index (κ2) is 8.43. The number of likely N-dealkylation sites (tertiary alicyclic amines) is 1. The molecule has 0 radical (unpaired) electrons. The molecule has 2 aliphatic rings. The van der Waals surface area contributed by atoms with Crippen LogP contribution in [-0.2, 0) is 4.79 Å². The zero-order chi connectivity index (χ0) is 25.8. The SMILES string of the molecule is NC(=O)n1cc(NC(=O)N2[C@@H]3C[C@@H]3C[C@H]2C(=O)Nc2cccc(OC(F)(F)F)c2)c2ccc(F)cc21. The molecule has 1 aliphatic heterocycles. The number of nitrogens with zero attached hydrogens (tertiary/aromatic N) is 2. The molecule has 0 bridgehead atoms. The van der Waals surface area contributed by atoms with E-state index in [9.17, 15) is 31.9 Å². The number of nitrogens with one attached hydrogen (secondary N) is 2. The molecule has 1 saturated heterocycles. The lowest BCUT2D eigenvalue weighted by Gasteiger charge is -2.27. The maximum absolute atomic E-state index is 13.7. The summed E-state index contributed by atoms with van der Waals surface area (Å²) in [6.07, 6.45) is -2.52. The minimum Gasteiger partial charge on any atom is -0.406 e. The fourth-order valence-corrected chi connectivity index (χ4v) is 4.64. The maximum Gasteiger partial charge on any atom is 0.573 e. The molecule has 4 N–H and O–H groups in total. The second-order valence-corrected chi connectivity index (χ2v) is 8.63. The predicted octanol–water partition coefficient (Wildman–Crippen LogP) is 4.24. The number of nitrogens with two attached hydrogens (primary N) is 1. The lowest BCUT2D eigenvalue weighted by Crippen LogP contribution is -2.47. The Morgan fingerprint density at radius 1 is 1.06 bits per heavy atom. The van der Waals surface area contributed by atoms with Crippen molar-refractivity contribution in [3.05, 3.63) is 54.5 Å². The highest BCUT2D eigenvalue weighted by Crippen LogP contribution is 2.48. The Bertz CT molecular complexity index is 1390. The van der Waals surface area contributed by atoms with Gasteiger partial charge in [-0.1, -0.05) is 6.07 Å². The van der Waals surface area contributed by atoms with Gasteiger partial charge in [-0.3, -0.25) is 9.36 Å². The fraction of sp³-hybridized carbons (Fsp3) is 0.261. The molecule has 5 rings (SSSR count). The molecule has 36 heavy (non-hydrogen) atoms. The molecular weight excluding hydrogens is 486 g/mol. The number of piperidine rings is 1. The number of hydrogen-bond acceptors (Lipinski definition) is 4. The summed E-state index contributed by atoms with van der Waals surface area (Å²) in [6, 6.07) is 5.97. The quantitative estimate of drug-likeness (QED) is 0.460. The van der Waals surface area contributed by atoms with Crippen molar-refractivity contribution in [1.29, 1.82) is 0 Å². The van der Waals surface area contributed by atoms with Crippen LogP contribution in [0.4, 0.5) is 38.5 Å². The normalized spacial score (nSPS) is 20.7. The van der Waals surface area contributed by atoms with E-state index < -0.39 is 41.9 Å². The molecule has 1 aliphatic carbocycles. The average molecular weight is 505 g/mol. The smallest absolute Gasteiger partial charge is 0.406 e. The van der Waals surface area contributed by atoms with Crippen LogP contribution >= 0.6 is 0 Å². The minimum absolute atomic E-state index is 0.0780. The van der Waals surface area contributed by atoms with E-state index in [4.69, 9.17) is 5.73 Å². The Labute approximate surface area is 200 Å². The summed E-state index contributed by atoms with van der Waals surface area (Å²) in [6.45, 7) is 0. The molecule has 3 atom stereocenters. The summed E-state index contributed by atoms with van der Waals surface area (Å²) in [5.41, 5.74) is 5.81. The molecule has 1 aromatic heterocycles. The van der Waals surface area contributed by atoms with E-state index in [-0.39, 0.29) is 28.9 Å². The van der Waals surface area contributed by atoms with Gasteiger partial charge in [0.05, 0.1) is 11.2 Å². The Hall–Kier alpha value is -4.29. The van der Waals surface area contributed by atoms with Gasteiger partial charge in [0, 0.05) is 29.4 Å². The van der Waals surface area contributed by atoms with Crippen LogP contribution in [0.25, 0.3) is 10.9 Å². The van der Waals surface area contributed by atoms with E-state index in [0.29, 0.717) is 18.2 Å². The number of rotatable bonds is 4. The number of carbonyl (C=O) groups is 3. The topological polar surface area (TPSA) is 119 Å². The predicted molar refractivity (Wildman–Crippen MR) is 120 cm³/mol. The highest BCUT2D eigenvalue weighted by molar-refractivity contribution is 6.06. The molecule has 1 saturated carbocycles. The number of hydrogen-bond donors (Lipinski definition) is 3. The standard InChI is InChI=1S/C23H19F4N5O4/c24-12-4-5-15-16(10-31(21(28)34)18(15)8-12)30-22(35)32-17-6-11(17)7-19(32)20(33)29-13-2-1-3-14(9-13)36-23(25,26)27/h1-5,8-11,17,19H,6-7H2,(H2,28,34)(H,29,33)(H,30,35)/t11-,17-,19+/m1/s1. The van der Waals surface area contributed by atoms with Crippen LogP contribution in [0, 0.1) is 11.7 Å². The largest absolute Gasteiger partial charge is 0.573 e. The van der Waals surface area contributed by atoms with Crippen molar-refractivity contribution in [3.8, 4) is 5.75 Å². The van der Waals surface area contributed by atoms with E-state index in [1.807, 2.05) is 0 Å². The van der Waals surface area contributed by atoms with Crippen LogP contribution in [0.5, 0.6) is 5.75 Å². The maximum atomic E-state index is 13.7. The van der Waals surface area contributed by atoms with Crippen LogP contribution in [0.3, 0.4) is 0 Å². The third-order valence-electron chi connectivity index (χ3n) is 6.22. The molecule has 0 spiro atoms. The number of urea groups is 1. The van der Waals surface area contributed by atoms with Gasteiger partial charge in [-0.05, 0) is 49.1 Å². The number of amides is 4. The summed E-state index contributed by atoms with van der Waals surface area (Å²) < 4.78 is 56.1. The first kappa shape index (κ1) is 23.5. The van der Waals surface area contributed by atoms with Crippen LogP contribution < -0.4 is 21.1 Å². The van der Waals surface area contributed by atoms with Crippen LogP contribution in [0.2, 0.25) is 0 Å². The van der Waals surface area contributed by atoms with Crippen molar-refractivity contribution in [2.45, 2.75) is 31.3 Å². The summed E-state index contributed by atoms with van der Waals surface area (Å²) in [4.78, 5) is 39.3. The van der Waals surface area contributed by atoms with E-state index >= 15 is 0 Å². The molecule has 4 amide bonds. The molecule has 3 aromatic rings. The molecule has 0 unspecified atom stereocenters. The third-order valence-corrected chi connectivity index (χ3v) is 6.22. The Morgan fingerprint density at radius 2 is 1.83 bits per heavy atom. The average Bonchev–Trinajstić information content (AvgIpc) is 3.29. The number of fused-ring (bicyclic) bond motifs is 2. The first-order valence-electron chi connectivity index (χ1n) is 10.9. The minimum atomic E-state index is -4.88. The van der Waals surface area contributed by atoms with Gasteiger partial charge in [-0.15, -0.1) is 13.2 Å². The van der Waals surface area contributed by atoms with E-state index in [2.05, 4.69) is 15.4 Å². The van der Waals surface area contributed by atoms with Gasteiger partial charge in [-0.2, -0.15) is 0 Å². The number of benzene rings is 2. The van der Waals surface area contributed by atoms with Crippen molar-refractivity contribution in [1.82, 2.24) is 9.47 Å². The van der Waals surface area contributed by atoms with E-state index in [1.54, 1.807) is 0 Å². The number of primary amides is 1. The number of carbonyl (C=O) groups excluding carboxylic acids is 3. The highest BCUT2D eigenvalue weighted by Gasteiger charge is 2.56. The lowest BCUT2D eigenvalue weighted by atomic mass is 10.1. The van der Waals surface area contributed by atoms with Crippen molar-refractivity contribution in [3.63, 3.8) is 0 Å². The van der Waals surface area contributed by atoms with Gasteiger partial charge in [-0.25, -0.2) is 14.0 Å². The first-order chi connectivity index (χ1) is 17.0. The van der Waals surface area contributed by atoms with Gasteiger partial charge in [0.2, 0.25) is 5.91 Å². The zero-order valence-electron chi connectivity index (χ0n) is 18.4. The molecule has 13 heteroatoms. The van der Waals surface area contributed by atoms with Crippen LogP contribution in [-0.4, -0.2) is 45.9 Å². The van der Waals surface area contributed by atoms with Crippen molar-refractivity contribution in [2.24, 2.45) is 11.7 Å². The highest BCUT2D eigenvalue weighted by atomic mass is 19.4. The fourth-order valence-electron chi connectivity index (χ4n) is 4.64. The number of aromatic nitrogens is 1. The molecule has 2 heterocycles. The van der Waals surface area contributed by atoms with Gasteiger partial charge < -0.3 is 26.0 Å². The zero-order valence-corrected chi connectivity index (χ0v) is 18.4. The van der Waals surface area contributed by atoms with Crippen LogP contribution in [0.1, 0.15) is 12.8 Å². The molecule has 2 fully saturated rings. The number of anilines is 2. The van der Waals surface area contributed by atoms with E-state index in [0.717, 1.165) is 22.8 Å². The molecular formula is C23H19F4N5O4. The molecule has 9 nitrogen and oxygen atoms in total.